The van der Waals surface area contributed by atoms with Crippen molar-refractivity contribution in [1.82, 2.24) is 15.1 Å². The zero-order valence-corrected chi connectivity index (χ0v) is 17.3. The van der Waals surface area contributed by atoms with Gasteiger partial charge in [-0.05, 0) is 69.9 Å². The minimum atomic E-state index is 0.234. The van der Waals surface area contributed by atoms with E-state index < -0.39 is 0 Å². The van der Waals surface area contributed by atoms with E-state index in [-0.39, 0.29) is 11.8 Å². The van der Waals surface area contributed by atoms with Crippen molar-refractivity contribution in [3.63, 3.8) is 0 Å². The molecule has 5 heteroatoms. The standard InChI is InChI=1S/C22H39N3O2/c1-18(26)25-14-9-20(10-15-25)17-19-7-12-24(13-8-19)16-11-23-22(27)21-5-3-2-4-6-21/h19-21H,2-17H2,1H3,(H,23,27). The van der Waals surface area contributed by atoms with E-state index in [1.807, 2.05) is 4.90 Å². The molecule has 2 heterocycles. The Bertz CT molecular complexity index is 474. The van der Waals surface area contributed by atoms with Crippen LogP contribution in [0.15, 0.2) is 0 Å². The van der Waals surface area contributed by atoms with Gasteiger partial charge >= 0.3 is 0 Å². The first-order chi connectivity index (χ1) is 13.1. The molecule has 3 fully saturated rings. The summed E-state index contributed by atoms with van der Waals surface area (Å²) in [4.78, 5) is 28.2. The number of nitrogens with zero attached hydrogens (tertiary/aromatic N) is 2. The Morgan fingerprint density at radius 3 is 2.04 bits per heavy atom. The van der Waals surface area contributed by atoms with E-state index in [9.17, 15) is 9.59 Å². The molecule has 0 unspecified atom stereocenters. The van der Waals surface area contributed by atoms with Crippen LogP contribution in [0.5, 0.6) is 0 Å². The van der Waals surface area contributed by atoms with Crippen molar-refractivity contribution in [2.45, 2.75) is 71.1 Å². The summed E-state index contributed by atoms with van der Waals surface area (Å²) in [5.74, 6) is 2.47. The van der Waals surface area contributed by atoms with E-state index in [1.165, 1.54) is 64.5 Å². The predicted molar refractivity (Wildman–Crippen MR) is 108 cm³/mol. The van der Waals surface area contributed by atoms with Gasteiger partial charge in [0.2, 0.25) is 11.8 Å². The zero-order chi connectivity index (χ0) is 19.1. The molecule has 2 saturated heterocycles. The molecular weight excluding hydrogens is 338 g/mol. The van der Waals surface area contributed by atoms with E-state index in [4.69, 9.17) is 0 Å². The molecule has 2 aliphatic heterocycles. The highest BCUT2D eigenvalue weighted by Crippen LogP contribution is 2.30. The molecule has 1 N–H and O–H groups in total. The summed E-state index contributed by atoms with van der Waals surface area (Å²) in [6.45, 7) is 7.77. The molecule has 0 aromatic heterocycles. The number of likely N-dealkylation sites (tertiary alicyclic amines) is 2. The van der Waals surface area contributed by atoms with Gasteiger partial charge < -0.3 is 15.1 Å². The monoisotopic (exact) mass is 377 g/mol. The van der Waals surface area contributed by atoms with Crippen LogP contribution >= 0.6 is 0 Å². The maximum Gasteiger partial charge on any atom is 0.223 e. The fourth-order valence-electron chi connectivity index (χ4n) is 5.25. The third-order valence-corrected chi connectivity index (χ3v) is 7.14. The second-order valence-electron chi connectivity index (χ2n) is 9.10. The summed E-state index contributed by atoms with van der Waals surface area (Å²) in [6, 6.07) is 0. The molecule has 0 aromatic carbocycles. The van der Waals surface area contributed by atoms with E-state index in [1.54, 1.807) is 6.92 Å². The Kier molecular flexibility index (Phi) is 7.98. The quantitative estimate of drug-likeness (QED) is 0.774. The molecule has 3 rings (SSSR count). The van der Waals surface area contributed by atoms with Crippen molar-refractivity contribution in [3.05, 3.63) is 0 Å². The fourth-order valence-corrected chi connectivity index (χ4v) is 5.25. The summed E-state index contributed by atoms with van der Waals surface area (Å²) >= 11 is 0. The van der Waals surface area contributed by atoms with Crippen LogP contribution < -0.4 is 5.32 Å². The lowest BCUT2D eigenvalue weighted by atomic mass is 9.83. The van der Waals surface area contributed by atoms with Crippen LogP contribution in [0.3, 0.4) is 0 Å². The second kappa shape index (κ2) is 10.4. The number of nitrogens with one attached hydrogen (secondary N) is 1. The van der Waals surface area contributed by atoms with Gasteiger partial charge in [0.25, 0.3) is 0 Å². The van der Waals surface area contributed by atoms with Gasteiger partial charge in [0.15, 0.2) is 0 Å². The average molecular weight is 378 g/mol. The van der Waals surface area contributed by atoms with Gasteiger partial charge in [-0.1, -0.05) is 19.3 Å². The van der Waals surface area contributed by atoms with Crippen molar-refractivity contribution in [3.8, 4) is 0 Å². The number of hydrogen-bond donors (Lipinski definition) is 1. The number of carbonyl (C=O) groups is 2. The van der Waals surface area contributed by atoms with Gasteiger partial charge in [-0.3, -0.25) is 9.59 Å². The first-order valence-corrected chi connectivity index (χ1v) is 11.4. The topological polar surface area (TPSA) is 52.7 Å². The molecule has 154 valence electrons. The Labute approximate surface area is 165 Å². The van der Waals surface area contributed by atoms with E-state index in [0.29, 0.717) is 5.91 Å². The molecule has 1 aliphatic carbocycles. The molecule has 0 spiro atoms. The Hall–Kier alpha value is -1.10. The normalized spacial score (nSPS) is 24.1. The van der Waals surface area contributed by atoms with Crippen LogP contribution in [0.1, 0.15) is 71.1 Å². The average Bonchev–Trinajstić information content (AvgIpc) is 2.70. The summed E-state index contributed by atoms with van der Waals surface area (Å²) in [5, 5.41) is 3.18. The summed E-state index contributed by atoms with van der Waals surface area (Å²) in [5.41, 5.74) is 0. The largest absolute Gasteiger partial charge is 0.355 e. The number of carbonyl (C=O) groups excluding carboxylic acids is 2. The summed E-state index contributed by atoms with van der Waals surface area (Å²) in [6.07, 6.45) is 12.2. The van der Waals surface area contributed by atoms with Crippen molar-refractivity contribution in [1.29, 1.82) is 0 Å². The molecule has 2 amide bonds. The first kappa shape index (κ1) is 20.6. The van der Waals surface area contributed by atoms with Crippen LogP contribution in [0, 0.1) is 17.8 Å². The van der Waals surface area contributed by atoms with Crippen molar-refractivity contribution < 1.29 is 9.59 Å². The molecular formula is C22H39N3O2. The van der Waals surface area contributed by atoms with Gasteiger partial charge in [0, 0.05) is 39.0 Å². The van der Waals surface area contributed by atoms with Crippen LogP contribution in [0.25, 0.3) is 0 Å². The molecule has 0 radical (unpaired) electrons. The van der Waals surface area contributed by atoms with Crippen molar-refractivity contribution in [2.24, 2.45) is 17.8 Å². The summed E-state index contributed by atoms with van der Waals surface area (Å²) in [7, 11) is 0. The lowest BCUT2D eigenvalue weighted by molar-refractivity contribution is -0.130. The van der Waals surface area contributed by atoms with Gasteiger partial charge in [0.05, 0.1) is 0 Å². The maximum absolute atomic E-state index is 12.2. The number of amides is 2. The lowest BCUT2D eigenvalue weighted by Gasteiger charge is -2.36. The Morgan fingerprint density at radius 1 is 0.852 bits per heavy atom. The van der Waals surface area contributed by atoms with Crippen LogP contribution in [-0.4, -0.2) is 60.9 Å². The fraction of sp³-hybridized carbons (Fsp3) is 0.909. The summed E-state index contributed by atoms with van der Waals surface area (Å²) < 4.78 is 0. The Morgan fingerprint density at radius 2 is 1.44 bits per heavy atom. The smallest absolute Gasteiger partial charge is 0.223 e. The lowest BCUT2D eigenvalue weighted by Crippen LogP contribution is -2.42. The van der Waals surface area contributed by atoms with Crippen molar-refractivity contribution >= 4 is 11.8 Å². The van der Waals surface area contributed by atoms with Gasteiger partial charge in [-0.15, -0.1) is 0 Å². The minimum absolute atomic E-state index is 0.234. The van der Waals surface area contributed by atoms with E-state index >= 15 is 0 Å². The first-order valence-electron chi connectivity index (χ1n) is 11.4. The molecule has 1 saturated carbocycles. The molecule has 0 atom stereocenters. The zero-order valence-electron chi connectivity index (χ0n) is 17.3. The van der Waals surface area contributed by atoms with E-state index in [2.05, 4.69) is 10.2 Å². The van der Waals surface area contributed by atoms with Gasteiger partial charge in [-0.25, -0.2) is 0 Å². The molecule has 27 heavy (non-hydrogen) atoms. The Balaban J connectivity index is 1.26. The molecule has 5 nitrogen and oxygen atoms in total. The van der Waals surface area contributed by atoms with Crippen LogP contribution in [-0.2, 0) is 9.59 Å². The van der Waals surface area contributed by atoms with Crippen molar-refractivity contribution in [2.75, 3.05) is 39.3 Å². The predicted octanol–water partition coefficient (Wildman–Crippen LogP) is 3.04. The van der Waals surface area contributed by atoms with Gasteiger partial charge in [0.1, 0.15) is 0 Å². The third kappa shape index (κ3) is 6.48. The second-order valence-corrected chi connectivity index (χ2v) is 9.10. The van der Waals surface area contributed by atoms with Crippen LogP contribution in [0.2, 0.25) is 0 Å². The third-order valence-electron chi connectivity index (χ3n) is 7.14. The molecule has 3 aliphatic rings. The minimum Gasteiger partial charge on any atom is -0.355 e. The molecule has 0 bridgehead atoms. The number of rotatable bonds is 6. The number of piperidine rings is 2. The highest BCUT2D eigenvalue weighted by molar-refractivity contribution is 5.78. The highest BCUT2D eigenvalue weighted by atomic mass is 16.2. The van der Waals surface area contributed by atoms with E-state index in [0.717, 1.165) is 50.9 Å². The van der Waals surface area contributed by atoms with Crippen LogP contribution in [0.4, 0.5) is 0 Å². The SMILES string of the molecule is CC(=O)N1CCC(CC2CCN(CCNC(=O)C3CCCCC3)CC2)CC1. The van der Waals surface area contributed by atoms with Gasteiger partial charge in [-0.2, -0.15) is 0 Å². The molecule has 0 aromatic rings. The number of hydrogen-bond acceptors (Lipinski definition) is 3. The maximum atomic E-state index is 12.2. The highest BCUT2D eigenvalue weighted by Gasteiger charge is 2.26.